The normalized spacial score (nSPS) is 17.4. The topological polar surface area (TPSA) is 44.8 Å². The van der Waals surface area contributed by atoms with Gasteiger partial charge in [0, 0.05) is 36.6 Å². The van der Waals surface area contributed by atoms with Crippen molar-refractivity contribution in [3.8, 4) is 6.01 Å². The molecule has 7 heteroatoms. The van der Waals surface area contributed by atoms with Crippen molar-refractivity contribution in [2.45, 2.75) is 140 Å². The van der Waals surface area contributed by atoms with Crippen molar-refractivity contribution in [1.29, 1.82) is 0 Å². The van der Waals surface area contributed by atoms with Gasteiger partial charge in [-0.3, -0.25) is 9.13 Å². The summed E-state index contributed by atoms with van der Waals surface area (Å²) in [4.78, 5) is 14.1. The van der Waals surface area contributed by atoms with E-state index in [1.807, 2.05) is 0 Å². The third kappa shape index (κ3) is 6.33. The van der Waals surface area contributed by atoms with Crippen LogP contribution in [0.25, 0.3) is 0 Å². The minimum absolute atomic E-state index is 0.120. The quantitative estimate of drug-likeness (QED) is 0.174. The van der Waals surface area contributed by atoms with Crippen LogP contribution in [-0.4, -0.2) is 18.2 Å². The largest absolute Gasteiger partial charge is 0.667 e. The Balaban J connectivity index is 2.25. The van der Waals surface area contributed by atoms with E-state index in [1.54, 1.807) is 0 Å². The Kier molecular flexibility index (Phi) is 10.6. The van der Waals surface area contributed by atoms with Gasteiger partial charge in [0.2, 0.25) is 0 Å². The average molecular weight is 658 g/mol. The molecule has 2 aromatic carbocycles. The first kappa shape index (κ1) is 36.5. The monoisotopic (exact) mass is 657 g/mol. The van der Waals surface area contributed by atoms with Gasteiger partial charge in [-0.2, -0.15) is 9.13 Å². The van der Waals surface area contributed by atoms with Gasteiger partial charge >= 0.3 is 14.9 Å². The molecule has 1 N–H and O–H groups in total. The maximum absolute atomic E-state index is 14.1. The molecule has 0 unspecified atom stereocenters. The van der Waals surface area contributed by atoms with Gasteiger partial charge in [0.25, 0.3) is 0 Å². The molecule has 1 aromatic heterocycles. The van der Waals surface area contributed by atoms with Crippen LogP contribution in [-0.2, 0) is 0 Å². The molecule has 2 heterocycles. The van der Waals surface area contributed by atoms with Crippen LogP contribution in [0.1, 0.15) is 159 Å². The summed E-state index contributed by atoms with van der Waals surface area (Å²) in [5.41, 5.74) is 10.7. The van der Waals surface area contributed by atoms with Gasteiger partial charge < -0.3 is 9.22 Å². The second-order valence-electron chi connectivity index (χ2n) is 15.2. The highest BCUT2D eigenvalue weighted by Crippen LogP contribution is 2.47. The number of nitrogens with zero attached hydrogens (tertiary/aromatic N) is 4. The summed E-state index contributed by atoms with van der Waals surface area (Å²) in [6, 6.07) is 14.0. The van der Waals surface area contributed by atoms with Crippen molar-refractivity contribution in [1.82, 2.24) is 4.57 Å². The molecule has 1 aliphatic heterocycles. The van der Waals surface area contributed by atoms with Crippen LogP contribution < -0.4 is 18.1 Å². The number of rotatable bonds is 10. The first-order valence-corrected chi connectivity index (χ1v) is 19.4. The minimum Gasteiger partial charge on any atom is -0.425 e. The SMILES string of the molecule is C=C1C=C(C)N(c2c(C(C)C)cccc2C(C)C)[Si@@](O)(Oc2n(C(C)C)c(C)c(C)[n+]2C(C)C)N1c1c(C(C)C)cccc1C(C)C. The van der Waals surface area contributed by atoms with Crippen LogP contribution in [0.3, 0.4) is 0 Å². The van der Waals surface area contributed by atoms with Crippen LogP contribution in [0.4, 0.5) is 11.4 Å². The Hall–Kier alpha value is -3.29. The Labute approximate surface area is 286 Å². The number of imidazole rings is 1. The summed E-state index contributed by atoms with van der Waals surface area (Å²) in [6.45, 7) is 37.6. The van der Waals surface area contributed by atoms with Crippen LogP contribution in [0.5, 0.6) is 6.01 Å². The van der Waals surface area contributed by atoms with E-state index < -0.39 is 8.88 Å². The molecule has 256 valence electrons. The summed E-state index contributed by atoms with van der Waals surface area (Å²) in [7, 11) is -4.26. The van der Waals surface area contributed by atoms with E-state index in [1.165, 1.54) is 22.3 Å². The van der Waals surface area contributed by atoms with E-state index in [-0.39, 0.29) is 35.8 Å². The van der Waals surface area contributed by atoms with Crippen LogP contribution in [0.2, 0.25) is 0 Å². The molecule has 0 radical (unpaired) electrons. The van der Waals surface area contributed by atoms with Gasteiger partial charge in [0.05, 0.1) is 12.1 Å². The fourth-order valence-corrected chi connectivity index (χ4v) is 10.2. The molecule has 0 saturated carbocycles. The maximum Gasteiger partial charge on any atom is 0.667 e. The maximum atomic E-state index is 14.1. The molecule has 0 saturated heterocycles. The molecule has 0 amide bonds. The molecular formula is C40H61N4O2Si+. The molecule has 3 aromatic rings. The number of benzene rings is 2. The number of anilines is 2. The molecule has 6 nitrogen and oxygen atoms in total. The van der Waals surface area contributed by atoms with Gasteiger partial charge in [0.15, 0.2) is 0 Å². The lowest BCUT2D eigenvalue weighted by Gasteiger charge is -2.49. The molecule has 1 aliphatic rings. The highest BCUT2D eigenvalue weighted by molar-refractivity contribution is 6.76. The second-order valence-corrected chi connectivity index (χ2v) is 17.4. The van der Waals surface area contributed by atoms with Crippen molar-refractivity contribution in [3.63, 3.8) is 0 Å². The molecule has 0 bridgehead atoms. The molecule has 0 spiro atoms. The molecular weight excluding hydrogens is 597 g/mol. The first-order chi connectivity index (χ1) is 21.9. The smallest absolute Gasteiger partial charge is 0.425 e. The van der Waals surface area contributed by atoms with Crippen LogP contribution >= 0.6 is 0 Å². The fourth-order valence-electron chi connectivity index (χ4n) is 7.32. The van der Waals surface area contributed by atoms with Crippen molar-refractivity contribution in [2.24, 2.45) is 0 Å². The standard InChI is InChI=1S/C40H61N4O2Si/c1-24(2)34-19-17-20-35(25(3)4)38(34)43-30(13)23-31(14)44(39-36(26(5)6)21-18-22-37(39)27(7)8)47(43,45)46-40-41(28(9)10)32(15)33(16)42(40)29(11)12/h17-29,45H,13H2,1-12,14-16H3/q+1/t47-/m0/s1. The van der Waals surface area contributed by atoms with Crippen LogP contribution in [0, 0.1) is 13.8 Å². The molecule has 47 heavy (non-hydrogen) atoms. The van der Waals surface area contributed by atoms with Gasteiger partial charge in [-0.25, -0.2) is 0 Å². The van der Waals surface area contributed by atoms with Crippen LogP contribution in [0.15, 0.2) is 60.4 Å². The van der Waals surface area contributed by atoms with Gasteiger partial charge in [-0.15, -0.1) is 0 Å². The highest BCUT2D eigenvalue weighted by Gasteiger charge is 2.61. The number of para-hydroxylation sites is 2. The third-order valence-corrected chi connectivity index (χ3v) is 12.4. The second kappa shape index (κ2) is 13.7. The van der Waals surface area contributed by atoms with E-state index in [9.17, 15) is 4.80 Å². The Morgan fingerprint density at radius 2 is 1.09 bits per heavy atom. The van der Waals surface area contributed by atoms with Crippen molar-refractivity contribution >= 4 is 20.3 Å². The van der Waals surface area contributed by atoms with Gasteiger partial charge in [-0.1, -0.05) is 98.4 Å². The fraction of sp³-hybridized carbons (Fsp3) is 0.525. The van der Waals surface area contributed by atoms with Crippen molar-refractivity contribution < 1.29 is 13.8 Å². The number of hydrogen-bond donors (Lipinski definition) is 1. The molecule has 0 fully saturated rings. The van der Waals surface area contributed by atoms with E-state index >= 15 is 0 Å². The predicted octanol–water partition coefficient (Wildman–Crippen LogP) is 10.3. The molecule has 4 rings (SSSR count). The summed E-state index contributed by atoms with van der Waals surface area (Å²) >= 11 is 0. The lowest BCUT2D eigenvalue weighted by Crippen LogP contribution is -2.73. The van der Waals surface area contributed by atoms with Crippen molar-refractivity contribution in [3.05, 3.63) is 94.1 Å². The van der Waals surface area contributed by atoms with E-state index in [2.05, 4.69) is 171 Å². The van der Waals surface area contributed by atoms with Crippen molar-refractivity contribution in [2.75, 3.05) is 9.13 Å². The summed E-state index contributed by atoms with van der Waals surface area (Å²) in [5.74, 6) is 0.891. The van der Waals surface area contributed by atoms with E-state index in [4.69, 9.17) is 4.43 Å². The zero-order chi connectivity index (χ0) is 35.3. The lowest BCUT2D eigenvalue weighted by atomic mass is 9.92. The average Bonchev–Trinajstić information content (AvgIpc) is 3.20. The van der Waals surface area contributed by atoms with E-state index in [0.717, 1.165) is 34.2 Å². The molecule has 1 atom stereocenters. The molecule has 0 aliphatic carbocycles. The van der Waals surface area contributed by atoms with Gasteiger partial charge in [0.1, 0.15) is 11.4 Å². The summed E-state index contributed by atoms with van der Waals surface area (Å²) < 4.78 is 16.3. The lowest BCUT2D eigenvalue weighted by molar-refractivity contribution is -0.724. The highest BCUT2D eigenvalue weighted by atomic mass is 28.4. The zero-order valence-electron chi connectivity index (χ0n) is 31.9. The number of hydrogen-bond acceptors (Lipinski definition) is 4. The van der Waals surface area contributed by atoms with E-state index in [0.29, 0.717) is 6.01 Å². The Bertz CT molecular complexity index is 1580. The Morgan fingerprint density at radius 1 is 0.681 bits per heavy atom. The minimum atomic E-state index is -4.26. The summed E-state index contributed by atoms with van der Waals surface area (Å²) in [5, 5.41) is 0. The first-order valence-electron chi connectivity index (χ1n) is 17.6. The third-order valence-electron chi connectivity index (χ3n) is 9.65. The van der Waals surface area contributed by atoms with Gasteiger partial charge in [-0.05, 0) is 86.6 Å². The summed E-state index contributed by atoms with van der Waals surface area (Å²) in [6.07, 6.45) is 2.13. The number of allylic oxidation sites excluding steroid dienone is 2. The predicted molar refractivity (Wildman–Crippen MR) is 201 cm³/mol. The Morgan fingerprint density at radius 3 is 1.45 bits per heavy atom. The zero-order valence-corrected chi connectivity index (χ0v) is 32.9. The number of aromatic nitrogens is 2.